The molecule has 3 rings (SSSR count). The number of aliphatic hydroxyl groups is 2. The molecule has 2 N–H and O–H groups in total. The summed E-state index contributed by atoms with van der Waals surface area (Å²) in [5.41, 5.74) is -0.107. The van der Waals surface area contributed by atoms with Gasteiger partial charge in [0.1, 0.15) is 0 Å². The number of rotatable bonds is 3. The highest BCUT2D eigenvalue weighted by Crippen LogP contribution is 2.37. The van der Waals surface area contributed by atoms with Crippen LogP contribution in [-0.4, -0.2) is 26.8 Å². The molecular weight excluding hydrogens is 328 g/mol. The van der Waals surface area contributed by atoms with Crippen LogP contribution in [0.25, 0.3) is 0 Å². The van der Waals surface area contributed by atoms with Crippen LogP contribution in [0.4, 0.5) is 0 Å². The van der Waals surface area contributed by atoms with Crippen molar-refractivity contribution in [2.75, 3.05) is 0 Å². The molecule has 5 nitrogen and oxygen atoms in total. The molecule has 124 valence electrons. The second kappa shape index (κ2) is 6.36. The van der Waals surface area contributed by atoms with E-state index in [0.717, 1.165) is 5.01 Å². The number of halogens is 1. The van der Waals surface area contributed by atoms with Gasteiger partial charge in [0.15, 0.2) is 11.8 Å². The highest BCUT2D eigenvalue weighted by molar-refractivity contribution is 6.30. The lowest BCUT2D eigenvalue weighted by molar-refractivity contribution is -0.167. The van der Waals surface area contributed by atoms with Gasteiger partial charge in [-0.15, -0.1) is 0 Å². The number of hydrogen-bond donors (Lipinski definition) is 2. The van der Waals surface area contributed by atoms with Gasteiger partial charge in [0.05, 0.1) is 0 Å². The molecular formula is C18H17ClN2O3. The lowest BCUT2D eigenvalue weighted by atomic mass is 9.97. The maximum atomic E-state index is 12.7. The van der Waals surface area contributed by atoms with Gasteiger partial charge in [-0.1, -0.05) is 54.1 Å². The molecule has 0 fully saturated rings. The third-order valence-electron chi connectivity index (χ3n) is 3.99. The Bertz CT molecular complexity index is 777. The van der Waals surface area contributed by atoms with Crippen LogP contribution in [0.1, 0.15) is 30.6 Å². The second-order valence-electron chi connectivity index (χ2n) is 5.80. The number of hydrazone groups is 1. The van der Waals surface area contributed by atoms with Crippen LogP contribution in [0, 0.1) is 0 Å². The highest BCUT2D eigenvalue weighted by atomic mass is 35.5. The molecule has 1 aliphatic heterocycles. The van der Waals surface area contributed by atoms with E-state index in [0.29, 0.717) is 21.9 Å². The average Bonchev–Trinajstić information content (AvgIpc) is 2.90. The summed E-state index contributed by atoms with van der Waals surface area (Å²) < 4.78 is 0. The Labute approximate surface area is 144 Å². The predicted octanol–water partition coefficient (Wildman–Crippen LogP) is 2.83. The fourth-order valence-corrected chi connectivity index (χ4v) is 2.91. The first-order chi connectivity index (χ1) is 11.4. The van der Waals surface area contributed by atoms with Crippen molar-refractivity contribution in [2.24, 2.45) is 5.10 Å². The number of nitrogens with zero attached hydrogens (tertiary/aromatic N) is 2. The molecule has 1 heterocycles. The van der Waals surface area contributed by atoms with Crippen molar-refractivity contribution in [1.29, 1.82) is 0 Å². The third-order valence-corrected chi connectivity index (χ3v) is 4.24. The molecule has 2 aromatic carbocycles. The summed E-state index contributed by atoms with van der Waals surface area (Å²) in [5, 5.41) is 27.1. The van der Waals surface area contributed by atoms with Crippen molar-refractivity contribution >= 4 is 23.2 Å². The molecule has 0 radical (unpaired) electrons. The lowest BCUT2D eigenvalue weighted by Gasteiger charge is -2.32. The van der Waals surface area contributed by atoms with Crippen LogP contribution < -0.4 is 0 Å². The molecule has 1 aliphatic rings. The van der Waals surface area contributed by atoms with E-state index in [4.69, 9.17) is 11.6 Å². The van der Waals surface area contributed by atoms with E-state index in [1.807, 2.05) is 0 Å². The van der Waals surface area contributed by atoms with Crippen molar-refractivity contribution in [1.82, 2.24) is 5.01 Å². The van der Waals surface area contributed by atoms with E-state index in [9.17, 15) is 15.0 Å². The van der Waals surface area contributed by atoms with Gasteiger partial charge < -0.3 is 10.2 Å². The van der Waals surface area contributed by atoms with Crippen LogP contribution in [0.15, 0.2) is 59.7 Å². The standard InChI is InChI=1S/C18H17ClN2O3/c1-12-11-18(24,14-7-9-15(19)10-8-14)21(20-12)17(23)16(22)13-5-3-2-4-6-13/h2-10,16,22,24H,11H2,1H3/t16-,18+/m0/s1. The van der Waals surface area contributed by atoms with E-state index in [1.54, 1.807) is 61.5 Å². The van der Waals surface area contributed by atoms with Gasteiger partial charge >= 0.3 is 0 Å². The molecule has 0 aliphatic carbocycles. The van der Waals surface area contributed by atoms with E-state index >= 15 is 0 Å². The lowest BCUT2D eigenvalue weighted by Crippen LogP contribution is -2.45. The number of hydrogen-bond acceptors (Lipinski definition) is 4. The maximum Gasteiger partial charge on any atom is 0.279 e. The Morgan fingerprint density at radius 3 is 2.46 bits per heavy atom. The van der Waals surface area contributed by atoms with Crippen molar-refractivity contribution in [3.8, 4) is 0 Å². The molecule has 24 heavy (non-hydrogen) atoms. The Kier molecular flexibility index (Phi) is 4.41. The van der Waals surface area contributed by atoms with Gasteiger partial charge in [-0.2, -0.15) is 10.1 Å². The van der Waals surface area contributed by atoms with Crippen LogP contribution in [0.5, 0.6) is 0 Å². The minimum Gasteiger partial charge on any atom is -0.378 e. The smallest absolute Gasteiger partial charge is 0.279 e. The molecule has 0 spiro atoms. The van der Waals surface area contributed by atoms with Crippen LogP contribution in [0.3, 0.4) is 0 Å². The van der Waals surface area contributed by atoms with Crippen LogP contribution in [-0.2, 0) is 10.5 Å². The Balaban J connectivity index is 1.95. The monoisotopic (exact) mass is 344 g/mol. The number of amides is 1. The highest BCUT2D eigenvalue weighted by Gasteiger charge is 2.46. The second-order valence-corrected chi connectivity index (χ2v) is 6.24. The first-order valence-corrected chi connectivity index (χ1v) is 7.89. The van der Waals surface area contributed by atoms with Crippen molar-refractivity contribution in [2.45, 2.75) is 25.2 Å². The average molecular weight is 345 g/mol. The minimum absolute atomic E-state index is 0.169. The van der Waals surface area contributed by atoms with E-state index < -0.39 is 17.7 Å². The molecule has 6 heteroatoms. The van der Waals surface area contributed by atoms with Gasteiger partial charge in [-0.05, 0) is 24.6 Å². The summed E-state index contributed by atoms with van der Waals surface area (Å²) in [6.45, 7) is 1.73. The van der Waals surface area contributed by atoms with Crippen LogP contribution >= 0.6 is 11.6 Å². The first kappa shape index (κ1) is 16.6. The van der Waals surface area contributed by atoms with Gasteiger partial charge in [-0.25, -0.2) is 0 Å². The minimum atomic E-state index is -1.64. The first-order valence-electron chi connectivity index (χ1n) is 7.51. The summed E-state index contributed by atoms with van der Waals surface area (Å²) in [4.78, 5) is 12.7. The largest absolute Gasteiger partial charge is 0.378 e. The number of benzene rings is 2. The van der Waals surface area contributed by atoms with E-state index in [-0.39, 0.29) is 6.42 Å². The van der Waals surface area contributed by atoms with Gasteiger partial charge in [-0.3, -0.25) is 4.79 Å². The van der Waals surface area contributed by atoms with Crippen molar-refractivity contribution in [3.63, 3.8) is 0 Å². The fourth-order valence-electron chi connectivity index (χ4n) is 2.79. The summed E-state index contributed by atoms with van der Waals surface area (Å²) >= 11 is 5.89. The van der Waals surface area contributed by atoms with Gasteiger partial charge in [0.2, 0.25) is 0 Å². The van der Waals surface area contributed by atoms with E-state index in [2.05, 4.69) is 5.10 Å². The fraction of sp³-hybridized carbons (Fsp3) is 0.222. The Hall–Kier alpha value is -2.21. The van der Waals surface area contributed by atoms with Crippen molar-refractivity contribution in [3.05, 3.63) is 70.7 Å². The quantitative estimate of drug-likeness (QED) is 0.899. The Morgan fingerprint density at radius 1 is 1.21 bits per heavy atom. The number of aliphatic hydroxyl groups excluding tert-OH is 1. The van der Waals surface area contributed by atoms with E-state index in [1.165, 1.54) is 0 Å². The molecule has 0 aromatic heterocycles. The molecule has 0 saturated carbocycles. The summed E-state index contributed by atoms with van der Waals surface area (Å²) in [5.74, 6) is -0.685. The number of carbonyl (C=O) groups excluding carboxylic acids is 1. The summed E-state index contributed by atoms with van der Waals surface area (Å²) in [7, 11) is 0. The Morgan fingerprint density at radius 2 is 1.83 bits per heavy atom. The molecule has 0 bridgehead atoms. The van der Waals surface area contributed by atoms with Crippen LogP contribution in [0.2, 0.25) is 5.02 Å². The zero-order valence-electron chi connectivity index (χ0n) is 13.1. The normalized spacial score (nSPS) is 21.5. The predicted molar refractivity (Wildman–Crippen MR) is 91.3 cm³/mol. The molecule has 0 saturated heterocycles. The summed E-state index contributed by atoms with van der Waals surface area (Å²) in [6.07, 6.45) is -1.23. The maximum absolute atomic E-state index is 12.7. The molecule has 2 atom stereocenters. The third kappa shape index (κ3) is 2.94. The SMILES string of the molecule is CC1=NN(C(=O)[C@@H](O)c2ccccc2)[C@](O)(c2ccc(Cl)cc2)C1. The van der Waals surface area contributed by atoms with Gasteiger partial charge in [0.25, 0.3) is 5.91 Å². The zero-order chi connectivity index (χ0) is 17.3. The van der Waals surface area contributed by atoms with Crippen molar-refractivity contribution < 1.29 is 15.0 Å². The molecule has 1 amide bonds. The zero-order valence-corrected chi connectivity index (χ0v) is 13.8. The number of carbonyl (C=O) groups is 1. The van der Waals surface area contributed by atoms with Gasteiger partial charge in [0, 0.05) is 22.7 Å². The molecule has 2 aromatic rings. The molecule has 0 unspecified atom stereocenters. The topological polar surface area (TPSA) is 73.1 Å². The summed E-state index contributed by atoms with van der Waals surface area (Å²) in [6, 6.07) is 15.1.